The second kappa shape index (κ2) is 2.92. The van der Waals surface area contributed by atoms with Gasteiger partial charge in [0.2, 0.25) is 0 Å². The lowest BCUT2D eigenvalue weighted by atomic mass is 9.79. The van der Waals surface area contributed by atoms with Crippen LogP contribution in [-0.4, -0.2) is 12.1 Å². The summed E-state index contributed by atoms with van der Waals surface area (Å²) in [5, 5.41) is 9.32. The third-order valence-corrected chi connectivity index (χ3v) is 2.28. The van der Waals surface area contributed by atoms with Gasteiger partial charge in [0.15, 0.2) is 0 Å². The van der Waals surface area contributed by atoms with Crippen molar-refractivity contribution in [2.75, 3.05) is 0 Å². The maximum atomic E-state index is 9.32. The minimum absolute atomic E-state index is 0.546. The number of benzene rings is 1. The highest BCUT2D eigenvalue weighted by Crippen LogP contribution is 2.11. The molecule has 0 saturated carbocycles. The fraction of sp³-hybridized carbons (Fsp3) is 0.333. The van der Waals surface area contributed by atoms with Crippen LogP contribution in [0.1, 0.15) is 18.1 Å². The molecule has 0 bridgehead atoms. The molecule has 0 aromatic heterocycles. The standard InChI is InChI=1S/C9H11BO2/c1-2-7-3-4-9-8(5-7)6-12-10(9)11/h3-5,11H,2,6H2,1H3. The minimum atomic E-state index is -0.703. The molecular formula is C9H11BO2. The van der Waals surface area contributed by atoms with Gasteiger partial charge in [0.05, 0.1) is 6.61 Å². The third-order valence-electron chi connectivity index (χ3n) is 2.28. The van der Waals surface area contributed by atoms with E-state index in [2.05, 4.69) is 13.0 Å². The van der Waals surface area contributed by atoms with Gasteiger partial charge in [0.1, 0.15) is 0 Å². The zero-order valence-corrected chi connectivity index (χ0v) is 7.08. The van der Waals surface area contributed by atoms with Crippen molar-refractivity contribution in [1.82, 2.24) is 0 Å². The van der Waals surface area contributed by atoms with Crippen LogP contribution in [0.2, 0.25) is 0 Å². The predicted octanol–water partition coefficient (Wildman–Crippen LogP) is 0.467. The molecule has 1 aromatic rings. The van der Waals surface area contributed by atoms with Gasteiger partial charge in [0, 0.05) is 0 Å². The van der Waals surface area contributed by atoms with Gasteiger partial charge in [-0.3, -0.25) is 0 Å². The maximum absolute atomic E-state index is 9.32. The lowest BCUT2D eigenvalue weighted by Crippen LogP contribution is -2.27. The molecule has 0 fully saturated rings. The van der Waals surface area contributed by atoms with E-state index in [-0.39, 0.29) is 0 Å². The smallest absolute Gasteiger partial charge is 0.423 e. The van der Waals surface area contributed by atoms with Gasteiger partial charge in [0.25, 0.3) is 0 Å². The van der Waals surface area contributed by atoms with Crippen LogP contribution in [0.5, 0.6) is 0 Å². The van der Waals surface area contributed by atoms with Crippen LogP contribution in [-0.2, 0) is 17.7 Å². The molecule has 62 valence electrons. The van der Waals surface area contributed by atoms with E-state index in [4.69, 9.17) is 4.65 Å². The van der Waals surface area contributed by atoms with Gasteiger partial charge in [-0.05, 0) is 23.0 Å². The predicted molar refractivity (Wildman–Crippen MR) is 48.2 cm³/mol. The van der Waals surface area contributed by atoms with Gasteiger partial charge >= 0.3 is 7.12 Å². The average molecular weight is 162 g/mol. The zero-order valence-electron chi connectivity index (χ0n) is 7.08. The summed E-state index contributed by atoms with van der Waals surface area (Å²) in [5.41, 5.74) is 3.35. The largest absolute Gasteiger partial charge is 0.491 e. The number of aryl methyl sites for hydroxylation is 1. The third kappa shape index (κ3) is 1.15. The van der Waals surface area contributed by atoms with E-state index in [1.54, 1.807) is 0 Å². The first-order valence-electron chi connectivity index (χ1n) is 4.22. The SMILES string of the molecule is CCc1ccc2c(c1)COB2O. The van der Waals surface area contributed by atoms with Crippen LogP contribution >= 0.6 is 0 Å². The van der Waals surface area contributed by atoms with E-state index in [0.717, 1.165) is 17.4 Å². The number of hydrogen-bond acceptors (Lipinski definition) is 2. The molecule has 1 N–H and O–H groups in total. The van der Waals surface area contributed by atoms with Crippen molar-refractivity contribution < 1.29 is 9.68 Å². The summed E-state index contributed by atoms with van der Waals surface area (Å²) in [6, 6.07) is 6.09. The Bertz CT molecular complexity index is 299. The van der Waals surface area contributed by atoms with E-state index < -0.39 is 7.12 Å². The molecule has 0 spiro atoms. The van der Waals surface area contributed by atoms with Crippen LogP contribution in [0.15, 0.2) is 18.2 Å². The Morgan fingerprint density at radius 2 is 2.42 bits per heavy atom. The van der Waals surface area contributed by atoms with Gasteiger partial charge in [-0.15, -0.1) is 0 Å². The molecule has 3 heteroatoms. The van der Waals surface area contributed by atoms with Gasteiger partial charge in [-0.2, -0.15) is 0 Å². The van der Waals surface area contributed by atoms with E-state index in [9.17, 15) is 5.02 Å². The molecule has 0 unspecified atom stereocenters. The fourth-order valence-electron chi connectivity index (χ4n) is 1.50. The highest BCUT2D eigenvalue weighted by atomic mass is 16.5. The van der Waals surface area contributed by atoms with Gasteiger partial charge in [-0.25, -0.2) is 0 Å². The van der Waals surface area contributed by atoms with Crippen LogP contribution in [0.25, 0.3) is 0 Å². The Morgan fingerprint density at radius 1 is 1.58 bits per heavy atom. The Morgan fingerprint density at radius 3 is 3.17 bits per heavy atom. The highest BCUT2D eigenvalue weighted by Gasteiger charge is 2.26. The summed E-state index contributed by atoms with van der Waals surface area (Å²) < 4.78 is 5.08. The Kier molecular flexibility index (Phi) is 1.91. The second-order valence-corrected chi connectivity index (χ2v) is 3.05. The molecular weight excluding hydrogens is 151 g/mol. The molecule has 0 radical (unpaired) electrons. The van der Waals surface area contributed by atoms with Crippen LogP contribution in [0.3, 0.4) is 0 Å². The second-order valence-electron chi connectivity index (χ2n) is 3.05. The van der Waals surface area contributed by atoms with E-state index >= 15 is 0 Å². The molecule has 0 amide bonds. The van der Waals surface area contributed by atoms with Crippen molar-refractivity contribution in [3.63, 3.8) is 0 Å². The average Bonchev–Trinajstić information content (AvgIpc) is 2.47. The first-order chi connectivity index (χ1) is 5.81. The minimum Gasteiger partial charge on any atom is -0.423 e. The molecule has 12 heavy (non-hydrogen) atoms. The maximum Gasteiger partial charge on any atom is 0.491 e. The molecule has 0 atom stereocenters. The summed E-state index contributed by atoms with van der Waals surface area (Å²) >= 11 is 0. The Labute approximate surface area is 72.3 Å². The van der Waals surface area contributed by atoms with Gasteiger partial charge in [-0.1, -0.05) is 25.1 Å². The van der Waals surface area contributed by atoms with Gasteiger partial charge < -0.3 is 9.68 Å². The first-order valence-corrected chi connectivity index (χ1v) is 4.22. The molecule has 1 aromatic carbocycles. The van der Waals surface area contributed by atoms with E-state index in [0.29, 0.717) is 6.61 Å². The monoisotopic (exact) mass is 162 g/mol. The van der Waals surface area contributed by atoms with Crippen LogP contribution in [0, 0.1) is 0 Å². The molecule has 0 saturated heterocycles. The van der Waals surface area contributed by atoms with Crippen molar-refractivity contribution in [3.05, 3.63) is 29.3 Å². The van der Waals surface area contributed by atoms with Crippen molar-refractivity contribution in [2.45, 2.75) is 20.0 Å². The number of hydrogen-bond donors (Lipinski definition) is 1. The topological polar surface area (TPSA) is 29.5 Å². The normalized spacial score (nSPS) is 15.0. The summed E-state index contributed by atoms with van der Waals surface area (Å²) in [6.45, 7) is 2.66. The number of fused-ring (bicyclic) bond motifs is 1. The molecule has 2 nitrogen and oxygen atoms in total. The molecule has 0 aliphatic carbocycles. The Balaban J connectivity index is 2.41. The van der Waals surface area contributed by atoms with Crippen molar-refractivity contribution in [1.29, 1.82) is 0 Å². The summed E-state index contributed by atoms with van der Waals surface area (Å²) in [5.74, 6) is 0. The fourth-order valence-corrected chi connectivity index (χ4v) is 1.50. The Hall–Kier alpha value is -0.795. The molecule has 1 aliphatic rings. The summed E-state index contributed by atoms with van der Waals surface area (Å²) in [7, 11) is -0.703. The van der Waals surface area contributed by atoms with Crippen molar-refractivity contribution in [2.24, 2.45) is 0 Å². The van der Waals surface area contributed by atoms with E-state index in [1.807, 2.05) is 12.1 Å². The van der Waals surface area contributed by atoms with Crippen molar-refractivity contribution >= 4 is 12.6 Å². The number of rotatable bonds is 1. The van der Waals surface area contributed by atoms with Crippen LogP contribution in [0.4, 0.5) is 0 Å². The lowest BCUT2D eigenvalue weighted by molar-refractivity contribution is 0.275. The molecule has 1 heterocycles. The lowest BCUT2D eigenvalue weighted by Gasteiger charge is -2.00. The highest BCUT2D eigenvalue weighted by molar-refractivity contribution is 6.61. The zero-order chi connectivity index (χ0) is 8.55. The summed E-state index contributed by atoms with van der Waals surface area (Å²) in [6.07, 6.45) is 1.03. The molecule has 2 rings (SSSR count). The summed E-state index contributed by atoms with van der Waals surface area (Å²) in [4.78, 5) is 0. The van der Waals surface area contributed by atoms with Crippen molar-refractivity contribution in [3.8, 4) is 0 Å². The first kappa shape index (κ1) is 7.83. The quantitative estimate of drug-likeness (QED) is 0.608. The molecule has 1 aliphatic heterocycles. The van der Waals surface area contributed by atoms with E-state index in [1.165, 1.54) is 5.56 Å². The van der Waals surface area contributed by atoms with Crippen LogP contribution < -0.4 is 5.46 Å².